The van der Waals surface area contributed by atoms with Gasteiger partial charge in [-0.05, 0) is 47.0 Å². The van der Waals surface area contributed by atoms with Crippen LogP contribution in [0.4, 0.5) is 5.69 Å². The molecule has 0 spiro atoms. The number of fused-ring (bicyclic) bond motifs is 3. The second-order valence-corrected chi connectivity index (χ2v) is 11.4. The lowest BCUT2D eigenvalue weighted by Gasteiger charge is -2.12. The minimum atomic E-state index is 0.385. The van der Waals surface area contributed by atoms with Crippen molar-refractivity contribution in [2.45, 2.75) is 0 Å². The van der Waals surface area contributed by atoms with Gasteiger partial charge in [-0.2, -0.15) is 20.5 Å². The van der Waals surface area contributed by atoms with Crippen molar-refractivity contribution in [3.8, 4) is 63.1 Å². The topological polar surface area (TPSA) is 95.5 Å². The Morgan fingerprint density at radius 1 is 0.551 bits per heavy atom. The molecule has 0 N–H and O–H groups in total. The average Bonchev–Trinajstić information content (AvgIpc) is 3.52. The van der Waals surface area contributed by atoms with Gasteiger partial charge in [0, 0.05) is 33.0 Å². The maximum Gasteiger partial charge on any atom is 0.238 e. The minimum Gasteiger partial charge on any atom is -0.278 e. The number of rotatable bonds is 5. The summed E-state index contributed by atoms with van der Waals surface area (Å²) < 4.78 is 2.02. The molecule has 2 heterocycles. The summed E-state index contributed by atoms with van der Waals surface area (Å²) in [7, 11) is 0. The molecule has 0 saturated carbocycles. The molecule has 226 valence electrons. The molecule has 49 heavy (non-hydrogen) atoms. The van der Waals surface area contributed by atoms with Crippen molar-refractivity contribution in [3.05, 3.63) is 162 Å². The van der Waals surface area contributed by atoms with Crippen LogP contribution < -0.4 is 0 Å². The van der Waals surface area contributed by atoms with Gasteiger partial charge >= 0.3 is 0 Å². The van der Waals surface area contributed by atoms with E-state index in [2.05, 4.69) is 23.0 Å². The largest absolute Gasteiger partial charge is 0.278 e. The van der Waals surface area contributed by atoms with Gasteiger partial charge in [0.1, 0.15) is 0 Å². The second kappa shape index (κ2) is 12.1. The van der Waals surface area contributed by atoms with Gasteiger partial charge < -0.3 is 0 Å². The lowest BCUT2D eigenvalue weighted by atomic mass is 9.93. The zero-order valence-corrected chi connectivity index (χ0v) is 25.9. The average molecular weight is 626 g/mol. The highest BCUT2D eigenvalue weighted by Gasteiger charge is 2.23. The minimum absolute atomic E-state index is 0.385. The van der Waals surface area contributed by atoms with E-state index in [4.69, 9.17) is 21.5 Å². The maximum absolute atomic E-state index is 10.2. The van der Waals surface area contributed by atoms with E-state index in [1.807, 2.05) is 114 Å². The summed E-state index contributed by atoms with van der Waals surface area (Å²) in [6.45, 7) is 7.97. The first-order valence-electron chi connectivity index (χ1n) is 15.5. The van der Waals surface area contributed by atoms with Gasteiger partial charge in [-0.3, -0.25) is 4.57 Å². The van der Waals surface area contributed by atoms with E-state index in [1.54, 1.807) is 24.3 Å². The van der Waals surface area contributed by atoms with Crippen molar-refractivity contribution in [3.63, 3.8) is 0 Å². The zero-order valence-electron chi connectivity index (χ0n) is 25.9. The Kier molecular flexibility index (Phi) is 7.16. The van der Waals surface area contributed by atoms with E-state index >= 15 is 0 Å². The molecule has 0 aliphatic rings. The van der Waals surface area contributed by atoms with Gasteiger partial charge in [0.2, 0.25) is 5.95 Å². The van der Waals surface area contributed by atoms with E-state index in [0.717, 1.165) is 49.6 Å². The molecule has 8 rings (SSSR count). The fourth-order valence-electron chi connectivity index (χ4n) is 6.40. The summed E-state index contributed by atoms with van der Waals surface area (Å²) in [4.78, 5) is 18.8. The maximum atomic E-state index is 10.2. The van der Waals surface area contributed by atoms with Crippen LogP contribution in [0.5, 0.6) is 0 Å². The van der Waals surface area contributed by atoms with Crippen LogP contribution in [0, 0.1) is 29.2 Å². The number of hydrogen-bond donors (Lipinski definition) is 0. The highest BCUT2D eigenvalue weighted by atomic mass is 15.2. The number of nitrogens with zero attached hydrogens (tertiary/aromatic N) is 7. The summed E-state index contributed by atoms with van der Waals surface area (Å²) in [6.07, 6.45) is 0. The van der Waals surface area contributed by atoms with Crippen LogP contribution in [-0.4, -0.2) is 19.5 Å². The molecule has 0 saturated heterocycles. The normalized spacial score (nSPS) is 10.8. The third-order valence-electron chi connectivity index (χ3n) is 8.59. The van der Waals surface area contributed by atoms with Crippen LogP contribution in [0.25, 0.3) is 77.6 Å². The summed E-state index contributed by atoms with van der Waals surface area (Å²) in [5.74, 6) is 1.48. The third-order valence-corrected chi connectivity index (χ3v) is 8.59. The zero-order chi connectivity index (χ0) is 33.3. The van der Waals surface area contributed by atoms with Gasteiger partial charge in [0.05, 0.1) is 35.3 Å². The Labute approximate surface area is 282 Å². The van der Waals surface area contributed by atoms with Crippen LogP contribution in [0.15, 0.2) is 140 Å². The Hall–Kier alpha value is -7.40. The Morgan fingerprint density at radius 2 is 1.16 bits per heavy atom. The van der Waals surface area contributed by atoms with E-state index in [1.165, 1.54) is 0 Å². The van der Waals surface area contributed by atoms with E-state index < -0.39 is 0 Å². The Balaban J connectivity index is 1.51. The first-order valence-corrected chi connectivity index (χ1v) is 15.5. The molecule has 0 radical (unpaired) electrons. The lowest BCUT2D eigenvalue weighted by molar-refractivity contribution is 0.953. The van der Waals surface area contributed by atoms with Crippen LogP contribution in [0.1, 0.15) is 11.1 Å². The monoisotopic (exact) mass is 625 g/mol. The van der Waals surface area contributed by atoms with Crippen molar-refractivity contribution in [1.29, 1.82) is 10.5 Å². The molecule has 0 unspecified atom stereocenters. The first kappa shape index (κ1) is 29.0. The fraction of sp³-hybridized carbons (Fsp3) is 0. The van der Waals surface area contributed by atoms with E-state index in [0.29, 0.717) is 40.0 Å². The van der Waals surface area contributed by atoms with E-state index in [-0.39, 0.29) is 0 Å². The molecule has 0 amide bonds. The lowest BCUT2D eigenvalue weighted by Crippen LogP contribution is -2.06. The molecular formula is C42H23N7. The summed E-state index contributed by atoms with van der Waals surface area (Å²) in [5, 5.41) is 21.8. The number of nitriles is 2. The van der Waals surface area contributed by atoms with Crippen molar-refractivity contribution in [2.75, 3.05) is 0 Å². The van der Waals surface area contributed by atoms with Gasteiger partial charge in [-0.1, -0.05) is 109 Å². The van der Waals surface area contributed by atoms with Crippen LogP contribution in [0.2, 0.25) is 0 Å². The number of hydrogen-bond acceptors (Lipinski definition) is 5. The molecule has 0 bridgehead atoms. The van der Waals surface area contributed by atoms with Crippen molar-refractivity contribution in [2.24, 2.45) is 0 Å². The van der Waals surface area contributed by atoms with Gasteiger partial charge in [0.15, 0.2) is 17.3 Å². The van der Waals surface area contributed by atoms with E-state index in [9.17, 15) is 10.5 Å². The molecular weight excluding hydrogens is 603 g/mol. The van der Waals surface area contributed by atoms with Crippen molar-refractivity contribution < 1.29 is 0 Å². The van der Waals surface area contributed by atoms with Gasteiger partial charge in [0.25, 0.3) is 0 Å². The predicted molar refractivity (Wildman–Crippen MR) is 192 cm³/mol. The van der Waals surface area contributed by atoms with Crippen LogP contribution in [0.3, 0.4) is 0 Å². The highest BCUT2D eigenvalue weighted by molar-refractivity contribution is 6.17. The smallest absolute Gasteiger partial charge is 0.238 e. The Bertz CT molecular complexity index is 2600. The molecule has 2 aromatic heterocycles. The second-order valence-electron chi connectivity index (χ2n) is 11.4. The van der Waals surface area contributed by atoms with Gasteiger partial charge in [-0.15, -0.1) is 0 Å². The molecule has 0 aliphatic heterocycles. The SMILES string of the molecule is [C-]#[N+]c1cccc(C#N)c1-c1cccc2c1c1cc(-c3ccccc3C#N)ccc1n2-c1nc(-c2ccccc2)nc(-c2ccccc2)n1. The molecule has 7 nitrogen and oxygen atoms in total. The quantitative estimate of drug-likeness (QED) is 0.177. The molecule has 6 aromatic carbocycles. The summed E-state index contributed by atoms with van der Waals surface area (Å²) in [6, 6.07) is 48.9. The van der Waals surface area contributed by atoms with Crippen LogP contribution >= 0.6 is 0 Å². The molecule has 0 fully saturated rings. The number of benzene rings is 6. The predicted octanol–water partition coefficient (Wildman–Crippen LogP) is 9.93. The molecule has 0 aliphatic carbocycles. The highest BCUT2D eigenvalue weighted by Crippen LogP contribution is 2.44. The molecule has 0 atom stereocenters. The van der Waals surface area contributed by atoms with Crippen LogP contribution in [-0.2, 0) is 0 Å². The number of aromatic nitrogens is 4. The summed E-state index contributed by atoms with van der Waals surface area (Å²) in [5.41, 5.74) is 7.67. The van der Waals surface area contributed by atoms with Crippen molar-refractivity contribution >= 4 is 27.5 Å². The standard InChI is InChI=1S/C42H23N7/c1-45-35-20-10-17-31(26-44)38(35)33-19-11-21-37-39(33)34-24-29(32-18-9-8-16-30(32)25-43)22-23-36(34)49(37)42-47-40(27-12-4-2-5-13-27)46-41(48-42)28-14-6-3-7-15-28/h2-24H. The molecule has 7 heteroatoms. The van der Waals surface area contributed by atoms with Crippen molar-refractivity contribution in [1.82, 2.24) is 19.5 Å². The molecule has 8 aromatic rings. The van der Waals surface area contributed by atoms with Gasteiger partial charge in [-0.25, -0.2) is 9.83 Å². The fourth-order valence-corrected chi connectivity index (χ4v) is 6.40. The Morgan fingerprint density at radius 3 is 1.84 bits per heavy atom. The first-order chi connectivity index (χ1) is 24.2. The third kappa shape index (κ3) is 4.95. The summed E-state index contributed by atoms with van der Waals surface area (Å²) >= 11 is 0.